The second-order valence-corrected chi connectivity index (χ2v) is 6.56. The van der Waals surface area contributed by atoms with Crippen molar-refractivity contribution >= 4 is 22.4 Å². The van der Waals surface area contributed by atoms with E-state index in [1.165, 1.54) is 12.1 Å². The Morgan fingerprint density at radius 2 is 2.16 bits per heavy atom. The Morgan fingerprint density at radius 1 is 1.42 bits per heavy atom. The van der Waals surface area contributed by atoms with Crippen molar-refractivity contribution in [3.05, 3.63) is 29.0 Å². The molecule has 0 spiro atoms. The topological polar surface area (TPSA) is 29.1 Å². The summed E-state index contributed by atoms with van der Waals surface area (Å²) < 4.78 is 25.0. The maximum absolute atomic E-state index is 13.0. The van der Waals surface area contributed by atoms with Crippen LogP contribution in [0.2, 0.25) is 5.02 Å². The highest BCUT2D eigenvalue weighted by molar-refractivity contribution is 7.85. The fraction of sp³-hybridized carbons (Fsp3) is 0.571. The predicted molar refractivity (Wildman–Crippen MR) is 79.7 cm³/mol. The van der Waals surface area contributed by atoms with Gasteiger partial charge in [0.15, 0.2) is 0 Å². The Balaban J connectivity index is 2.33. The van der Waals surface area contributed by atoms with Crippen LogP contribution < -0.4 is 5.32 Å². The summed E-state index contributed by atoms with van der Waals surface area (Å²) in [5.74, 6) is 0.128. The van der Waals surface area contributed by atoms with Gasteiger partial charge in [0.05, 0.1) is 15.8 Å². The fourth-order valence-electron chi connectivity index (χ4n) is 1.87. The molecule has 1 aromatic carbocycles. The number of nitrogens with one attached hydrogen (secondary N) is 1. The van der Waals surface area contributed by atoms with E-state index in [9.17, 15) is 8.60 Å². The predicted octanol–water partition coefficient (Wildman–Crippen LogP) is 3.76. The summed E-state index contributed by atoms with van der Waals surface area (Å²) >= 11 is 5.68. The molecule has 0 fully saturated rings. The number of halogens is 2. The van der Waals surface area contributed by atoms with E-state index in [0.717, 1.165) is 25.8 Å². The summed E-state index contributed by atoms with van der Waals surface area (Å²) in [6, 6.07) is 4.76. The fourth-order valence-corrected chi connectivity index (χ4v) is 3.29. The maximum atomic E-state index is 13.0. The Bertz CT molecular complexity index is 428. The lowest BCUT2D eigenvalue weighted by molar-refractivity contribution is 0.509. The molecular weight excluding hydrogens is 285 g/mol. The molecule has 0 amide bonds. The zero-order valence-electron chi connectivity index (χ0n) is 11.4. The average Bonchev–Trinajstić information content (AvgIpc) is 2.38. The molecular formula is C14H21ClFNOS. The van der Waals surface area contributed by atoms with Gasteiger partial charge < -0.3 is 5.32 Å². The van der Waals surface area contributed by atoms with Gasteiger partial charge in [0, 0.05) is 16.7 Å². The summed E-state index contributed by atoms with van der Waals surface area (Å²) in [5.41, 5.74) is 0. The van der Waals surface area contributed by atoms with Gasteiger partial charge in [-0.2, -0.15) is 0 Å². The van der Waals surface area contributed by atoms with Gasteiger partial charge >= 0.3 is 0 Å². The summed E-state index contributed by atoms with van der Waals surface area (Å²) in [6.07, 6.45) is 3.02. The first-order chi connectivity index (χ1) is 9.04. The van der Waals surface area contributed by atoms with E-state index >= 15 is 0 Å². The monoisotopic (exact) mass is 305 g/mol. The van der Waals surface area contributed by atoms with E-state index < -0.39 is 16.6 Å². The quantitative estimate of drug-likeness (QED) is 0.741. The minimum absolute atomic E-state index is 0.0339. The molecule has 0 heterocycles. The van der Waals surface area contributed by atoms with Crippen molar-refractivity contribution in [3.63, 3.8) is 0 Å². The first-order valence-electron chi connectivity index (χ1n) is 6.61. The smallest absolute Gasteiger partial charge is 0.141 e. The molecule has 0 bridgehead atoms. The van der Waals surface area contributed by atoms with Crippen LogP contribution >= 0.6 is 11.6 Å². The number of benzene rings is 1. The number of rotatable bonds is 8. The van der Waals surface area contributed by atoms with Crippen LogP contribution in [-0.4, -0.2) is 22.5 Å². The first-order valence-corrected chi connectivity index (χ1v) is 8.31. The van der Waals surface area contributed by atoms with Crippen LogP contribution in [0, 0.1) is 5.82 Å². The molecule has 0 aliphatic rings. The summed E-state index contributed by atoms with van der Waals surface area (Å²) in [6.45, 7) is 5.21. The average molecular weight is 306 g/mol. The Morgan fingerprint density at radius 3 is 2.79 bits per heavy atom. The second-order valence-electron chi connectivity index (χ2n) is 4.58. The highest BCUT2D eigenvalue weighted by Crippen LogP contribution is 2.19. The van der Waals surface area contributed by atoms with Gasteiger partial charge in [-0.25, -0.2) is 4.39 Å². The van der Waals surface area contributed by atoms with Gasteiger partial charge in [-0.05, 0) is 44.5 Å². The minimum atomic E-state index is -1.09. The van der Waals surface area contributed by atoms with Gasteiger partial charge in [-0.3, -0.25) is 4.21 Å². The highest BCUT2D eigenvalue weighted by Gasteiger charge is 2.07. The summed E-state index contributed by atoms with van der Waals surface area (Å²) in [7, 11) is -1.09. The zero-order chi connectivity index (χ0) is 14.3. The van der Waals surface area contributed by atoms with Gasteiger partial charge in [-0.1, -0.05) is 24.9 Å². The van der Waals surface area contributed by atoms with Crippen LogP contribution in [0.25, 0.3) is 0 Å². The van der Waals surface area contributed by atoms with Crippen molar-refractivity contribution in [3.8, 4) is 0 Å². The van der Waals surface area contributed by atoms with E-state index in [0.29, 0.717) is 16.7 Å². The molecule has 2 atom stereocenters. The third-order valence-corrected chi connectivity index (χ3v) is 4.65. The van der Waals surface area contributed by atoms with E-state index in [2.05, 4.69) is 19.2 Å². The minimum Gasteiger partial charge on any atom is -0.315 e. The molecule has 0 saturated carbocycles. The Labute approximate surface area is 122 Å². The number of hydrogen-bond donors (Lipinski definition) is 1. The van der Waals surface area contributed by atoms with Crippen LogP contribution in [0.4, 0.5) is 4.39 Å². The Hall–Kier alpha value is -0.450. The van der Waals surface area contributed by atoms with Crippen molar-refractivity contribution < 1.29 is 8.60 Å². The Kier molecular flexibility index (Phi) is 7.57. The largest absolute Gasteiger partial charge is 0.315 e. The molecule has 1 aromatic rings. The highest BCUT2D eigenvalue weighted by atomic mass is 35.5. The van der Waals surface area contributed by atoms with Crippen molar-refractivity contribution in [1.29, 1.82) is 0 Å². The lowest BCUT2D eigenvalue weighted by Crippen LogP contribution is -2.25. The molecule has 1 N–H and O–H groups in total. The van der Waals surface area contributed by atoms with E-state index in [1.807, 2.05) is 0 Å². The van der Waals surface area contributed by atoms with Crippen LogP contribution in [-0.2, 0) is 10.8 Å². The van der Waals surface area contributed by atoms with Crippen LogP contribution in [0.1, 0.15) is 33.1 Å². The van der Waals surface area contributed by atoms with E-state index in [4.69, 9.17) is 11.6 Å². The SMILES string of the molecule is CCNC(C)CCCCS(=O)c1ccc(F)c(Cl)c1. The summed E-state index contributed by atoms with van der Waals surface area (Å²) in [4.78, 5) is 0.603. The molecule has 2 unspecified atom stereocenters. The van der Waals surface area contributed by atoms with Crippen LogP contribution in [0.5, 0.6) is 0 Å². The second kappa shape index (κ2) is 8.67. The van der Waals surface area contributed by atoms with Gasteiger partial charge in [-0.15, -0.1) is 0 Å². The molecule has 0 aliphatic heterocycles. The number of hydrogen-bond acceptors (Lipinski definition) is 2. The molecule has 5 heteroatoms. The number of unbranched alkanes of at least 4 members (excludes halogenated alkanes) is 1. The first kappa shape index (κ1) is 16.6. The van der Waals surface area contributed by atoms with Crippen molar-refractivity contribution in [2.45, 2.75) is 44.0 Å². The normalized spacial score (nSPS) is 14.3. The summed E-state index contributed by atoms with van der Waals surface area (Å²) in [5, 5.41) is 3.38. The van der Waals surface area contributed by atoms with Gasteiger partial charge in [0.2, 0.25) is 0 Å². The molecule has 0 aliphatic carbocycles. The van der Waals surface area contributed by atoms with Crippen molar-refractivity contribution in [1.82, 2.24) is 5.32 Å². The third-order valence-electron chi connectivity index (χ3n) is 2.92. The lowest BCUT2D eigenvalue weighted by Gasteiger charge is -2.11. The molecule has 2 nitrogen and oxygen atoms in total. The molecule has 0 aromatic heterocycles. The zero-order valence-corrected chi connectivity index (χ0v) is 13.0. The lowest BCUT2D eigenvalue weighted by atomic mass is 10.1. The van der Waals surface area contributed by atoms with Crippen molar-refractivity contribution in [2.24, 2.45) is 0 Å². The molecule has 0 radical (unpaired) electrons. The van der Waals surface area contributed by atoms with E-state index in [1.54, 1.807) is 6.07 Å². The molecule has 108 valence electrons. The van der Waals surface area contributed by atoms with E-state index in [-0.39, 0.29) is 5.02 Å². The molecule has 1 rings (SSSR count). The van der Waals surface area contributed by atoms with Crippen molar-refractivity contribution in [2.75, 3.05) is 12.3 Å². The molecule has 19 heavy (non-hydrogen) atoms. The molecule has 0 saturated heterocycles. The standard InChI is InChI=1S/C14H21ClFNOS/c1-3-17-11(2)6-4-5-9-19(18)12-7-8-14(16)13(15)10-12/h7-8,10-11,17H,3-6,9H2,1-2H3. The van der Waals surface area contributed by atoms with Gasteiger partial charge in [0.1, 0.15) is 5.82 Å². The van der Waals surface area contributed by atoms with Crippen LogP contribution in [0.3, 0.4) is 0 Å². The maximum Gasteiger partial charge on any atom is 0.141 e. The van der Waals surface area contributed by atoms with Crippen LogP contribution in [0.15, 0.2) is 23.1 Å². The third kappa shape index (κ3) is 6.02. The van der Waals surface area contributed by atoms with Gasteiger partial charge in [0.25, 0.3) is 0 Å².